The van der Waals surface area contributed by atoms with Gasteiger partial charge in [0, 0.05) is 24.9 Å². The Morgan fingerprint density at radius 2 is 2.05 bits per heavy atom. The van der Waals surface area contributed by atoms with E-state index in [9.17, 15) is 4.79 Å². The minimum atomic E-state index is -0.198. The molecule has 0 aliphatic carbocycles. The van der Waals surface area contributed by atoms with Crippen LogP contribution in [0.5, 0.6) is 5.88 Å². The molecule has 1 aromatic rings. The summed E-state index contributed by atoms with van der Waals surface area (Å²) in [6.45, 7) is 7.62. The van der Waals surface area contributed by atoms with Gasteiger partial charge in [0.2, 0.25) is 5.88 Å². The average molecular weight is 266 g/mol. The minimum absolute atomic E-state index is 0.0143. The van der Waals surface area contributed by atoms with Gasteiger partial charge in [-0.1, -0.05) is 6.92 Å². The van der Waals surface area contributed by atoms with E-state index < -0.39 is 0 Å². The Morgan fingerprint density at radius 3 is 2.53 bits per heavy atom. The lowest BCUT2D eigenvalue weighted by atomic mass is 10.0. The van der Waals surface area contributed by atoms with Crippen LogP contribution in [0.2, 0.25) is 0 Å². The van der Waals surface area contributed by atoms with Crippen molar-refractivity contribution < 1.29 is 14.6 Å². The number of rotatable bonds is 6. The van der Waals surface area contributed by atoms with Crippen molar-refractivity contribution in [2.75, 3.05) is 6.61 Å². The molecule has 2 atom stereocenters. The highest BCUT2D eigenvalue weighted by atomic mass is 16.5. The summed E-state index contributed by atoms with van der Waals surface area (Å²) in [5.41, 5.74) is 0.480. The van der Waals surface area contributed by atoms with Gasteiger partial charge in [-0.2, -0.15) is 0 Å². The molecule has 0 aromatic carbocycles. The van der Waals surface area contributed by atoms with Crippen LogP contribution in [0.15, 0.2) is 18.3 Å². The quantitative estimate of drug-likeness (QED) is 0.820. The second kappa shape index (κ2) is 7.09. The van der Waals surface area contributed by atoms with Gasteiger partial charge >= 0.3 is 0 Å². The first-order chi connectivity index (χ1) is 8.93. The van der Waals surface area contributed by atoms with Crippen molar-refractivity contribution in [1.29, 1.82) is 0 Å². The van der Waals surface area contributed by atoms with Crippen LogP contribution < -0.4 is 10.1 Å². The number of hydrogen-bond donors (Lipinski definition) is 2. The Bertz CT molecular complexity index is 404. The molecule has 0 fully saturated rings. The van der Waals surface area contributed by atoms with Crippen LogP contribution in [0.1, 0.15) is 38.1 Å². The van der Waals surface area contributed by atoms with Crippen LogP contribution in [0, 0.1) is 5.92 Å². The van der Waals surface area contributed by atoms with Gasteiger partial charge in [0.25, 0.3) is 5.91 Å². The molecule has 0 aliphatic rings. The van der Waals surface area contributed by atoms with Gasteiger partial charge in [0.1, 0.15) is 0 Å². The molecule has 1 rings (SSSR count). The molecule has 106 valence electrons. The maximum atomic E-state index is 11.9. The van der Waals surface area contributed by atoms with Crippen molar-refractivity contribution in [2.45, 2.75) is 39.8 Å². The topological polar surface area (TPSA) is 71.5 Å². The smallest absolute Gasteiger partial charge is 0.253 e. The van der Waals surface area contributed by atoms with E-state index in [0.29, 0.717) is 11.4 Å². The third-order valence-electron chi connectivity index (χ3n) is 2.86. The van der Waals surface area contributed by atoms with Crippen molar-refractivity contribution in [3.8, 4) is 5.88 Å². The van der Waals surface area contributed by atoms with E-state index in [1.54, 1.807) is 12.1 Å². The molecule has 1 heterocycles. The Balaban J connectivity index is 2.62. The normalized spacial score (nSPS) is 14.0. The Hall–Kier alpha value is -1.62. The maximum Gasteiger partial charge on any atom is 0.253 e. The first kappa shape index (κ1) is 15.4. The van der Waals surface area contributed by atoms with E-state index in [2.05, 4.69) is 10.3 Å². The lowest BCUT2D eigenvalue weighted by Gasteiger charge is -2.19. The summed E-state index contributed by atoms with van der Waals surface area (Å²) in [6.07, 6.45) is 1.54. The number of aromatic nitrogens is 1. The standard InChI is InChI=1S/C14H22N2O3/c1-9(2)19-13-6-5-12(7-15-13)14(18)16-11(4)10(3)8-17/h5-7,9-11,17H,8H2,1-4H3,(H,16,18). The van der Waals surface area contributed by atoms with Crippen LogP contribution in [0.4, 0.5) is 0 Å². The third kappa shape index (κ3) is 4.87. The molecule has 0 bridgehead atoms. The highest BCUT2D eigenvalue weighted by Crippen LogP contribution is 2.10. The van der Waals surface area contributed by atoms with Gasteiger partial charge in [-0.25, -0.2) is 4.98 Å². The summed E-state index contributed by atoms with van der Waals surface area (Å²) in [5.74, 6) is 0.320. The zero-order valence-corrected chi connectivity index (χ0v) is 11.9. The fourth-order valence-electron chi connectivity index (χ4n) is 1.42. The lowest BCUT2D eigenvalue weighted by Crippen LogP contribution is -2.38. The van der Waals surface area contributed by atoms with E-state index in [1.165, 1.54) is 6.20 Å². The summed E-state index contributed by atoms with van der Waals surface area (Å²) in [4.78, 5) is 16.0. The Labute approximate surface area is 114 Å². The fraction of sp³-hybridized carbons (Fsp3) is 0.571. The number of nitrogens with one attached hydrogen (secondary N) is 1. The van der Waals surface area contributed by atoms with E-state index >= 15 is 0 Å². The number of carbonyl (C=O) groups is 1. The highest BCUT2D eigenvalue weighted by molar-refractivity contribution is 5.94. The summed E-state index contributed by atoms with van der Waals surface area (Å²) in [6, 6.07) is 3.26. The molecular formula is C14H22N2O3. The SMILES string of the molecule is CC(C)Oc1ccc(C(=O)NC(C)C(C)CO)cn1. The molecule has 0 radical (unpaired) electrons. The van der Waals surface area contributed by atoms with Gasteiger partial charge in [-0.05, 0) is 32.8 Å². The molecule has 2 unspecified atom stereocenters. The van der Waals surface area contributed by atoms with Gasteiger partial charge in [0.05, 0.1) is 11.7 Å². The van der Waals surface area contributed by atoms with E-state index in [1.807, 2.05) is 27.7 Å². The monoisotopic (exact) mass is 266 g/mol. The number of aliphatic hydroxyl groups is 1. The third-order valence-corrected chi connectivity index (χ3v) is 2.86. The van der Waals surface area contributed by atoms with Crippen LogP contribution in [0.3, 0.4) is 0 Å². The van der Waals surface area contributed by atoms with Crippen LogP contribution in [-0.4, -0.2) is 34.8 Å². The molecule has 1 aromatic heterocycles. The number of carbonyl (C=O) groups excluding carboxylic acids is 1. The van der Waals surface area contributed by atoms with Gasteiger partial charge in [-0.15, -0.1) is 0 Å². The Morgan fingerprint density at radius 1 is 1.37 bits per heavy atom. The van der Waals surface area contributed by atoms with Gasteiger partial charge < -0.3 is 15.2 Å². The summed E-state index contributed by atoms with van der Waals surface area (Å²) in [7, 11) is 0. The lowest BCUT2D eigenvalue weighted by molar-refractivity contribution is 0.0916. The number of aliphatic hydroxyl groups excluding tert-OH is 1. The minimum Gasteiger partial charge on any atom is -0.475 e. The molecule has 19 heavy (non-hydrogen) atoms. The van der Waals surface area contributed by atoms with Crippen LogP contribution in [-0.2, 0) is 0 Å². The molecule has 0 aliphatic heterocycles. The molecule has 1 amide bonds. The highest BCUT2D eigenvalue weighted by Gasteiger charge is 2.15. The number of nitrogens with zero attached hydrogens (tertiary/aromatic N) is 1. The molecule has 5 heteroatoms. The van der Waals surface area contributed by atoms with Gasteiger partial charge in [-0.3, -0.25) is 4.79 Å². The predicted molar refractivity (Wildman–Crippen MR) is 73.2 cm³/mol. The number of hydrogen-bond acceptors (Lipinski definition) is 4. The second-order valence-corrected chi connectivity index (χ2v) is 4.97. The van der Waals surface area contributed by atoms with Crippen molar-refractivity contribution in [1.82, 2.24) is 10.3 Å². The molecule has 0 spiro atoms. The van der Waals surface area contributed by atoms with Gasteiger partial charge in [0.15, 0.2) is 0 Å². The van der Waals surface area contributed by atoms with E-state index in [4.69, 9.17) is 9.84 Å². The number of pyridine rings is 1. The summed E-state index contributed by atoms with van der Waals surface area (Å²) in [5, 5.41) is 11.9. The number of amides is 1. The van der Waals surface area contributed by atoms with Crippen molar-refractivity contribution in [3.05, 3.63) is 23.9 Å². The molecule has 5 nitrogen and oxygen atoms in total. The summed E-state index contributed by atoms with van der Waals surface area (Å²) < 4.78 is 5.41. The molecule has 0 saturated heterocycles. The Kier molecular flexibility index (Phi) is 5.76. The molecule has 0 saturated carbocycles. The molecular weight excluding hydrogens is 244 g/mol. The predicted octanol–water partition coefficient (Wildman–Crippen LogP) is 1.62. The first-order valence-corrected chi connectivity index (χ1v) is 6.48. The van der Waals surface area contributed by atoms with E-state index in [0.717, 1.165) is 0 Å². The zero-order valence-electron chi connectivity index (χ0n) is 11.9. The van der Waals surface area contributed by atoms with E-state index in [-0.39, 0.29) is 30.6 Å². The first-order valence-electron chi connectivity index (χ1n) is 6.48. The zero-order chi connectivity index (χ0) is 14.4. The summed E-state index contributed by atoms with van der Waals surface area (Å²) >= 11 is 0. The van der Waals surface area contributed by atoms with Crippen molar-refractivity contribution in [2.24, 2.45) is 5.92 Å². The van der Waals surface area contributed by atoms with Crippen molar-refractivity contribution >= 4 is 5.91 Å². The maximum absolute atomic E-state index is 11.9. The fourth-order valence-corrected chi connectivity index (χ4v) is 1.42. The average Bonchev–Trinajstić information content (AvgIpc) is 2.37. The van der Waals surface area contributed by atoms with Crippen LogP contribution in [0.25, 0.3) is 0 Å². The number of ether oxygens (including phenoxy) is 1. The largest absolute Gasteiger partial charge is 0.475 e. The second-order valence-electron chi connectivity index (χ2n) is 4.97. The van der Waals surface area contributed by atoms with Crippen LogP contribution >= 0.6 is 0 Å². The van der Waals surface area contributed by atoms with Crippen molar-refractivity contribution in [3.63, 3.8) is 0 Å². The molecule has 2 N–H and O–H groups in total.